The van der Waals surface area contributed by atoms with Gasteiger partial charge in [0.05, 0.1) is 5.52 Å². The van der Waals surface area contributed by atoms with Crippen molar-refractivity contribution in [3.8, 4) is 0 Å². The highest BCUT2D eigenvalue weighted by atomic mass is 16.1. The third-order valence-corrected chi connectivity index (χ3v) is 4.08. The van der Waals surface area contributed by atoms with Crippen LogP contribution in [-0.2, 0) is 12.0 Å². The maximum Gasteiger partial charge on any atom is 0.255 e. The Morgan fingerprint density at radius 3 is 2.46 bits per heavy atom. The van der Waals surface area contributed by atoms with Crippen molar-refractivity contribution in [1.29, 1.82) is 0 Å². The van der Waals surface area contributed by atoms with E-state index in [2.05, 4.69) is 36.4 Å². The van der Waals surface area contributed by atoms with Gasteiger partial charge in [0.25, 0.3) is 5.91 Å². The van der Waals surface area contributed by atoms with Crippen molar-refractivity contribution in [3.05, 3.63) is 53.6 Å². The first kappa shape index (κ1) is 16.2. The summed E-state index contributed by atoms with van der Waals surface area (Å²) in [4.78, 5) is 12.4. The first-order valence-corrected chi connectivity index (χ1v) is 8.13. The molecule has 0 aliphatic rings. The van der Waals surface area contributed by atoms with Crippen LogP contribution in [0, 0.1) is 0 Å². The number of rotatable bonds is 3. The third-order valence-electron chi connectivity index (χ3n) is 4.08. The van der Waals surface area contributed by atoms with Gasteiger partial charge in [-0.15, -0.1) is 5.10 Å². The molecule has 0 atom stereocenters. The van der Waals surface area contributed by atoms with Gasteiger partial charge in [0.15, 0.2) is 0 Å². The fraction of sp³-hybridized carbons (Fsp3) is 0.316. The summed E-state index contributed by atoms with van der Waals surface area (Å²) in [5.41, 5.74) is 4.35. The standard InChI is InChI=1S/C19H22N4O/c1-5-23-17-11-6-13(12-16(17)21-22-23)18(24)20-15-9-7-14(8-10-15)19(2,3)4/h6-12H,5H2,1-4H3,(H,20,24). The second-order valence-electron chi connectivity index (χ2n) is 6.89. The van der Waals surface area contributed by atoms with Crippen LogP contribution in [0.1, 0.15) is 43.6 Å². The van der Waals surface area contributed by atoms with Crippen LogP contribution >= 0.6 is 0 Å². The normalized spacial score (nSPS) is 11.7. The molecule has 0 saturated carbocycles. The van der Waals surface area contributed by atoms with Crippen LogP contribution in [-0.4, -0.2) is 20.9 Å². The average molecular weight is 322 g/mol. The minimum atomic E-state index is -0.147. The summed E-state index contributed by atoms with van der Waals surface area (Å²) in [6.45, 7) is 9.26. The molecule has 1 N–H and O–H groups in total. The van der Waals surface area contributed by atoms with E-state index in [-0.39, 0.29) is 11.3 Å². The number of aryl methyl sites for hydroxylation is 1. The van der Waals surface area contributed by atoms with Crippen molar-refractivity contribution in [2.24, 2.45) is 0 Å². The molecule has 3 rings (SSSR count). The van der Waals surface area contributed by atoms with E-state index in [0.717, 1.165) is 23.3 Å². The van der Waals surface area contributed by atoms with Crippen LogP contribution in [0.4, 0.5) is 5.69 Å². The summed E-state index contributed by atoms with van der Waals surface area (Å²) in [6.07, 6.45) is 0. The largest absolute Gasteiger partial charge is 0.322 e. The molecule has 1 amide bonds. The molecule has 2 aromatic carbocycles. The van der Waals surface area contributed by atoms with Gasteiger partial charge in [-0.05, 0) is 48.2 Å². The number of nitrogens with one attached hydrogen (secondary N) is 1. The van der Waals surface area contributed by atoms with Crippen molar-refractivity contribution in [3.63, 3.8) is 0 Å². The van der Waals surface area contributed by atoms with E-state index in [0.29, 0.717) is 5.56 Å². The summed E-state index contributed by atoms with van der Waals surface area (Å²) in [7, 11) is 0. The minimum absolute atomic E-state index is 0.0959. The molecule has 0 unspecified atom stereocenters. The number of carbonyl (C=O) groups excluding carboxylic acids is 1. The molecule has 0 bridgehead atoms. The maximum atomic E-state index is 12.4. The van der Waals surface area contributed by atoms with Crippen molar-refractivity contribution >= 4 is 22.6 Å². The molecule has 5 heteroatoms. The van der Waals surface area contributed by atoms with Crippen molar-refractivity contribution in [2.45, 2.75) is 39.7 Å². The molecule has 5 nitrogen and oxygen atoms in total. The van der Waals surface area contributed by atoms with E-state index in [1.807, 2.05) is 41.9 Å². The molecule has 1 heterocycles. The van der Waals surface area contributed by atoms with E-state index in [1.165, 1.54) is 5.56 Å². The van der Waals surface area contributed by atoms with Crippen LogP contribution in [0.3, 0.4) is 0 Å². The van der Waals surface area contributed by atoms with E-state index >= 15 is 0 Å². The number of aromatic nitrogens is 3. The number of hydrogen-bond acceptors (Lipinski definition) is 3. The third kappa shape index (κ3) is 3.15. The zero-order valence-electron chi connectivity index (χ0n) is 14.5. The number of anilines is 1. The zero-order valence-corrected chi connectivity index (χ0v) is 14.5. The van der Waals surface area contributed by atoms with Gasteiger partial charge in [0.2, 0.25) is 0 Å². The smallest absolute Gasteiger partial charge is 0.255 e. The molecule has 0 aliphatic carbocycles. The summed E-state index contributed by atoms with van der Waals surface area (Å²) in [6, 6.07) is 13.4. The Morgan fingerprint density at radius 2 is 1.83 bits per heavy atom. The van der Waals surface area contributed by atoms with Crippen LogP contribution in [0.5, 0.6) is 0 Å². The predicted molar refractivity (Wildman–Crippen MR) is 96.3 cm³/mol. The Hall–Kier alpha value is -2.69. The SMILES string of the molecule is CCn1nnc2cc(C(=O)Nc3ccc(C(C)(C)C)cc3)ccc21. The Balaban J connectivity index is 1.79. The first-order valence-electron chi connectivity index (χ1n) is 8.13. The quantitative estimate of drug-likeness (QED) is 0.793. The lowest BCUT2D eigenvalue weighted by Crippen LogP contribution is -2.13. The summed E-state index contributed by atoms with van der Waals surface area (Å²) >= 11 is 0. The van der Waals surface area contributed by atoms with Gasteiger partial charge >= 0.3 is 0 Å². The van der Waals surface area contributed by atoms with Gasteiger partial charge < -0.3 is 5.32 Å². The summed E-state index contributed by atoms with van der Waals surface area (Å²) < 4.78 is 1.81. The van der Waals surface area contributed by atoms with Crippen LogP contribution in [0.25, 0.3) is 11.0 Å². The molecular formula is C19H22N4O. The van der Waals surface area contributed by atoms with Gasteiger partial charge in [-0.3, -0.25) is 4.79 Å². The Labute approximate surface area is 141 Å². The van der Waals surface area contributed by atoms with Gasteiger partial charge in [0, 0.05) is 17.8 Å². The highest BCUT2D eigenvalue weighted by Crippen LogP contribution is 2.24. The number of fused-ring (bicyclic) bond motifs is 1. The Morgan fingerprint density at radius 1 is 1.12 bits per heavy atom. The fourth-order valence-corrected chi connectivity index (χ4v) is 2.60. The maximum absolute atomic E-state index is 12.4. The number of hydrogen-bond donors (Lipinski definition) is 1. The number of carbonyl (C=O) groups is 1. The Bertz CT molecular complexity index is 873. The van der Waals surface area contributed by atoms with E-state index in [9.17, 15) is 4.79 Å². The predicted octanol–water partition coefficient (Wildman–Crippen LogP) is 4.00. The molecule has 0 aliphatic heterocycles. The lowest BCUT2D eigenvalue weighted by atomic mass is 9.87. The van der Waals surface area contributed by atoms with Gasteiger partial charge in [0.1, 0.15) is 5.52 Å². The first-order chi connectivity index (χ1) is 11.4. The van der Waals surface area contributed by atoms with Crippen LogP contribution in [0.15, 0.2) is 42.5 Å². The van der Waals surface area contributed by atoms with Gasteiger partial charge in [-0.2, -0.15) is 0 Å². The highest BCUT2D eigenvalue weighted by Gasteiger charge is 2.14. The molecule has 0 fully saturated rings. The topological polar surface area (TPSA) is 59.8 Å². The second-order valence-corrected chi connectivity index (χ2v) is 6.89. The molecule has 0 saturated heterocycles. The fourth-order valence-electron chi connectivity index (χ4n) is 2.60. The lowest BCUT2D eigenvalue weighted by molar-refractivity contribution is 0.102. The lowest BCUT2D eigenvalue weighted by Gasteiger charge is -2.19. The van der Waals surface area contributed by atoms with Crippen molar-refractivity contribution in [2.75, 3.05) is 5.32 Å². The summed E-state index contributed by atoms with van der Waals surface area (Å²) in [5.74, 6) is -0.147. The molecule has 24 heavy (non-hydrogen) atoms. The average Bonchev–Trinajstić information content (AvgIpc) is 2.96. The highest BCUT2D eigenvalue weighted by molar-refractivity contribution is 6.05. The molecule has 0 radical (unpaired) electrons. The van der Waals surface area contributed by atoms with Crippen molar-refractivity contribution < 1.29 is 4.79 Å². The van der Waals surface area contributed by atoms with E-state index in [1.54, 1.807) is 12.1 Å². The van der Waals surface area contributed by atoms with E-state index < -0.39 is 0 Å². The monoisotopic (exact) mass is 322 g/mol. The van der Waals surface area contributed by atoms with Crippen molar-refractivity contribution in [1.82, 2.24) is 15.0 Å². The zero-order chi connectivity index (χ0) is 17.3. The molecule has 0 spiro atoms. The number of benzene rings is 2. The van der Waals surface area contributed by atoms with Gasteiger partial charge in [-0.1, -0.05) is 38.1 Å². The number of nitrogens with zero attached hydrogens (tertiary/aromatic N) is 3. The second kappa shape index (κ2) is 6.07. The van der Waals surface area contributed by atoms with Crippen LogP contribution < -0.4 is 5.32 Å². The Kier molecular flexibility index (Phi) is 4.09. The van der Waals surface area contributed by atoms with E-state index in [4.69, 9.17) is 0 Å². The summed E-state index contributed by atoms with van der Waals surface area (Å²) in [5, 5.41) is 11.1. The minimum Gasteiger partial charge on any atom is -0.322 e. The molecule has 1 aromatic heterocycles. The molecule has 124 valence electrons. The number of amides is 1. The molecular weight excluding hydrogens is 300 g/mol. The molecule has 3 aromatic rings. The van der Waals surface area contributed by atoms with Crippen LogP contribution in [0.2, 0.25) is 0 Å². The van der Waals surface area contributed by atoms with Gasteiger partial charge in [-0.25, -0.2) is 4.68 Å².